The number of carbonyl (C=O) groups excluding carboxylic acids is 1. The zero-order valence-electron chi connectivity index (χ0n) is 21.0. The van der Waals surface area contributed by atoms with Gasteiger partial charge in [-0.05, 0) is 42.9 Å². The Morgan fingerprint density at radius 3 is 2.58 bits per heavy atom. The van der Waals surface area contributed by atoms with E-state index in [9.17, 15) is 18.5 Å². The van der Waals surface area contributed by atoms with E-state index in [1.54, 1.807) is 0 Å². The molecule has 12 heteroatoms. The number of sulfonamides is 1. The quantitative estimate of drug-likeness (QED) is 0.495. The number of morpholine rings is 1. The second kappa shape index (κ2) is 11.8. The number of ether oxygens (including phenoxy) is 1. The van der Waals surface area contributed by atoms with Gasteiger partial charge in [-0.3, -0.25) is 9.69 Å². The average molecular weight is 598 g/mol. The van der Waals surface area contributed by atoms with E-state index >= 15 is 0 Å². The van der Waals surface area contributed by atoms with E-state index in [0.29, 0.717) is 10.6 Å². The van der Waals surface area contributed by atoms with Crippen molar-refractivity contribution in [3.8, 4) is 6.07 Å². The topological polar surface area (TPSA) is 103 Å². The van der Waals surface area contributed by atoms with E-state index < -0.39 is 15.9 Å². The summed E-state index contributed by atoms with van der Waals surface area (Å²) >= 11 is 14.0. The lowest BCUT2D eigenvalue weighted by molar-refractivity contribution is 0.0730. The van der Waals surface area contributed by atoms with E-state index in [1.807, 2.05) is 0 Å². The normalized spacial score (nSPS) is 19.6. The molecule has 1 saturated heterocycles. The number of nitriles is 1. The molecule has 1 aromatic carbocycles. The maximum absolute atomic E-state index is 13.3. The van der Waals surface area contributed by atoms with Crippen LogP contribution in [0.15, 0.2) is 17.0 Å². The van der Waals surface area contributed by atoms with Crippen molar-refractivity contribution in [3.63, 3.8) is 0 Å². The third kappa shape index (κ3) is 5.75. The summed E-state index contributed by atoms with van der Waals surface area (Å²) in [5.41, 5.74) is 1.45. The molecule has 0 spiro atoms. The van der Waals surface area contributed by atoms with E-state index in [0.717, 1.165) is 42.4 Å². The van der Waals surface area contributed by atoms with Crippen LogP contribution in [-0.2, 0) is 27.7 Å². The fourth-order valence-electron chi connectivity index (χ4n) is 5.55. The first kappa shape index (κ1) is 27.8. The Balaban J connectivity index is 1.36. The minimum atomic E-state index is -3.94. The summed E-state index contributed by atoms with van der Waals surface area (Å²) in [4.78, 5) is 16.7. The van der Waals surface area contributed by atoms with Gasteiger partial charge < -0.3 is 10.1 Å². The van der Waals surface area contributed by atoms with Crippen molar-refractivity contribution in [2.24, 2.45) is 5.92 Å². The van der Waals surface area contributed by atoms with Gasteiger partial charge in [0.25, 0.3) is 5.91 Å². The van der Waals surface area contributed by atoms with Crippen molar-refractivity contribution < 1.29 is 17.9 Å². The Bertz CT molecular complexity index is 1360. The smallest absolute Gasteiger partial charge is 0.257 e. The van der Waals surface area contributed by atoms with Crippen molar-refractivity contribution in [1.82, 2.24) is 9.21 Å². The van der Waals surface area contributed by atoms with Crippen LogP contribution in [0.25, 0.3) is 0 Å². The minimum Gasteiger partial charge on any atom is -0.379 e. The van der Waals surface area contributed by atoms with Gasteiger partial charge in [-0.2, -0.15) is 9.57 Å². The molecule has 204 valence electrons. The van der Waals surface area contributed by atoms with Gasteiger partial charge in [-0.15, -0.1) is 11.3 Å². The lowest BCUT2D eigenvalue weighted by atomic mass is 9.88. The van der Waals surface area contributed by atoms with Gasteiger partial charge >= 0.3 is 0 Å². The number of amides is 1. The number of nitrogens with zero attached hydrogens (tertiary/aromatic N) is 3. The predicted molar refractivity (Wildman–Crippen MR) is 149 cm³/mol. The summed E-state index contributed by atoms with van der Waals surface area (Å²) in [6.07, 6.45) is 7.27. The van der Waals surface area contributed by atoms with Crippen molar-refractivity contribution in [3.05, 3.63) is 43.7 Å². The fraction of sp³-hybridized carbons (Fsp3) is 0.538. The van der Waals surface area contributed by atoms with E-state index in [2.05, 4.69) is 16.3 Å². The number of rotatable bonds is 6. The molecule has 0 atom stereocenters. The Morgan fingerprint density at radius 2 is 1.87 bits per heavy atom. The van der Waals surface area contributed by atoms with Crippen LogP contribution < -0.4 is 5.32 Å². The van der Waals surface area contributed by atoms with Gasteiger partial charge in [0, 0.05) is 37.6 Å². The maximum atomic E-state index is 13.3. The average Bonchev–Trinajstić information content (AvgIpc) is 3.25. The summed E-state index contributed by atoms with van der Waals surface area (Å²) in [5, 5.41) is 13.2. The highest BCUT2D eigenvalue weighted by Crippen LogP contribution is 2.38. The molecule has 2 aromatic rings. The van der Waals surface area contributed by atoms with Crippen LogP contribution in [0.3, 0.4) is 0 Å². The Labute approximate surface area is 237 Å². The number of fused-ring (bicyclic) bond motifs is 1. The molecule has 3 heterocycles. The van der Waals surface area contributed by atoms with E-state index in [-0.39, 0.29) is 46.8 Å². The van der Waals surface area contributed by atoms with Crippen LogP contribution in [0.1, 0.15) is 58.5 Å². The highest BCUT2D eigenvalue weighted by molar-refractivity contribution is 7.89. The maximum Gasteiger partial charge on any atom is 0.257 e. The largest absolute Gasteiger partial charge is 0.379 e. The molecule has 1 aromatic heterocycles. The molecule has 0 unspecified atom stereocenters. The molecule has 0 bridgehead atoms. The van der Waals surface area contributed by atoms with Crippen LogP contribution in [-0.4, -0.2) is 62.9 Å². The van der Waals surface area contributed by atoms with Crippen LogP contribution in [0.2, 0.25) is 10.0 Å². The molecule has 2 aliphatic heterocycles. The molecule has 8 nitrogen and oxygen atoms in total. The third-order valence-corrected chi connectivity index (χ3v) is 11.4. The van der Waals surface area contributed by atoms with Crippen LogP contribution in [0, 0.1) is 17.2 Å². The highest BCUT2D eigenvalue weighted by Gasteiger charge is 2.31. The zero-order valence-corrected chi connectivity index (χ0v) is 24.1. The molecule has 1 aliphatic carbocycles. The molecular weight excluding hydrogens is 567 g/mol. The summed E-state index contributed by atoms with van der Waals surface area (Å²) in [6.45, 7) is 3.71. The number of halogens is 2. The van der Waals surface area contributed by atoms with Crippen LogP contribution in [0.5, 0.6) is 0 Å². The van der Waals surface area contributed by atoms with E-state index in [4.69, 9.17) is 27.9 Å². The van der Waals surface area contributed by atoms with Crippen LogP contribution >= 0.6 is 34.5 Å². The Hall–Kier alpha value is -1.71. The van der Waals surface area contributed by atoms with Crippen molar-refractivity contribution >= 4 is 55.5 Å². The molecule has 0 radical (unpaired) electrons. The lowest BCUT2D eigenvalue weighted by Crippen LogP contribution is -2.40. The summed E-state index contributed by atoms with van der Waals surface area (Å²) < 4.78 is 33.0. The summed E-state index contributed by atoms with van der Waals surface area (Å²) in [5.74, 6) is 0.147. The Kier molecular flexibility index (Phi) is 8.65. The zero-order chi connectivity index (χ0) is 26.9. The molecule has 38 heavy (non-hydrogen) atoms. The second-order valence-electron chi connectivity index (χ2n) is 10.0. The minimum absolute atomic E-state index is 0.0166. The number of hydrogen-bond acceptors (Lipinski definition) is 7. The lowest BCUT2D eigenvalue weighted by Gasteiger charge is -2.32. The van der Waals surface area contributed by atoms with Crippen molar-refractivity contribution in [1.29, 1.82) is 5.26 Å². The molecular formula is C26H30Cl2N4O4S2. The summed E-state index contributed by atoms with van der Waals surface area (Å²) in [6, 6.07) is 4.76. The molecule has 1 N–H and O–H groups in total. The molecule has 1 amide bonds. The monoisotopic (exact) mass is 596 g/mol. The van der Waals surface area contributed by atoms with Gasteiger partial charge in [-0.1, -0.05) is 42.5 Å². The first-order valence-electron chi connectivity index (χ1n) is 12.9. The van der Waals surface area contributed by atoms with Gasteiger partial charge in [-0.25, -0.2) is 8.42 Å². The van der Waals surface area contributed by atoms with Gasteiger partial charge in [0.2, 0.25) is 10.0 Å². The number of benzene rings is 1. The molecule has 2 fully saturated rings. The SMILES string of the molecule is N#Cc1c(NC(=O)c2cc(S(=O)(=O)N3CCOCC3)c(Cl)cc2Cl)sc2c1CCN(CC1CCCCC1)C2. The first-order valence-corrected chi connectivity index (χ1v) is 15.9. The highest BCUT2D eigenvalue weighted by atomic mass is 35.5. The fourth-order valence-corrected chi connectivity index (χ4v) is 9.03. The Morgan fingerprint density at radius 1 is 1.13 bits per heavy atom. The van der Waals surface area contributed by atoms with Gasteiger partial charge in [0.15, 0.2) is 0 Å². The first-order chi connectivity index (χ1) is 18.3. The van der Waals surface area contributed by atoms with E-state index in [1.165, 1.54) is 59.9 Å². The number of nitrogens with one attached hydrogen (secondary N) is 1. The second-order valence-corrected chi connectivity index (χ2v) is 13.9. The number of carbonyl (C=O) groups is 1. The third-order valence-electron chi connectivity index (χ3n) is 7.57. The van der Waals surface area contributed by atoms with Gasteiger partial charge in [0.05, 0.1) is 34.4 Å². The van der Waals surface area contributed by atoms with Crippen LogP contribution in [0.4, 0.5) is 5.00 Å². The van der Waals surface area contributed by atoms with Crippen molar-refractivity contribution in [2.45, 2.75) is 50.0 Å². The van der Waals surface area contributed by atoms with Gasteiger partial charge in [0.1, 0.15) is 16.0 Å². The predicted octanol–water partition coefficient (Wildman–Crippen LogP) is 5.14. The number of thiophene rings is 1. The standard InChI is InChI=1S/C26H30Cl2N4O4S2/c27-21-13-22(28)24(38(34,35)32-8-10-36-11-9-32)12-19(21)25(33)30-26-20(14-29)18-6-7-31(16-23(18)37-26)15-17-4-2-1-3-5-17/h12-13,17H,1-11,15-16H2,(H,30,33). The molecule has 1 saturated carbocycles. The number of anilines is 1. The number of hydrogen-bond donors (Lipinski definition) is 1. The molecule has 3 aliphatic rings. The summed E-state index contributed by atoms with van der Waals surface area (Å²) in [7, 11) is -3.94. The molecule has 5 rings (SSSR count). The van der Waals surface area contributed by atoms with Crippen molar-refractivity contribution in [2.75, 3.05) is 44.7 Å².